The van der Waals surface area contributed by atoms with Gasteiger partial charge in [0, 0.05) is 18.2 Å². The maximum Gasteiger partial charge on any atom is 0.239 e. The van der Waals surface area contributed by atoms with Gasteiger partial charge >= 0.3 is 0 Å². The zero-order chi connectivity index (χ0) is 23.6. The Morgan fingerprint density at radius 2 is 1.97 bits per heavy atom. The van der Waals surface area contributed by atoms with Crippen LogP contribution in [-0.4, -0.2) is 39.6 Å². The van der Waals surface area contributed by atoms with Crippen LogP contribution in [0.25, 0.3) is 16.2 Å². The van der Waals surface area contributed by atoms with Gasteiger partial charge in [-0.3, -0.25) is 4.79 Å². The number of amides is 1. The predicted molar refractivity (Wildman–Crippen MR) is 133 cm³/mol. The molecule has 0 spiro atoms. The van der Waals surface area contributed by atoms with Gasteiger partial charge in [-0.25, -0.2) is 4.98 Å². The predicted octanol–water partition coefficient (Wildman–Crippen LogP) is 4.58. The average Bonchev–Trinajstić information content (AvgIpc) is 3.49. The number of imidazole rings is 1. The van der Waals surface area contributed by atoms with Crippen molar-refractivity contribution in [2.75, 3.05) is 23.8 Å². The molecule has 0 aliphatic carbocycles. The minimum absolute atomic E-state index is 0.105. The Kier molecular flexibility index (Phi) is 6.42. The molecule has 0 aliphatic heterocycles. The largest absolute Gasteiger partial charge is 0.467 e. The molecular weight excluding hydrogens is 436 g/mol. The topological polar surface area (TPSA) is 87.7 Å². The molecule has 1 aromatic carbocycles. The van der Waals surface area contributed by atoms with Gasteiger partial charge in [0.1, 0.15) is 11.5 Å². The second-order valence-electron chi connectivity index (χ2n) is 9.03. The van der Waals surface area contributed by atoms with Gasteiger partial charge in [-0.15, -0.1) is 5.10 Å². The highest BCUT2D eigenvalue weighted by atomic mass is 32.1. The van der Waals surface area contributed by atoms with E-state index in [4.69, 9.17) is 14.5 Å². The Morgan fingerprint density at radius 1 is 1.21 bits per heavy atom. The number of aryl methyl sites for hydroxylation is 1. The fourth-order valence-corrected chi connectivity index (χ4v) is 4.26. The molecule has 3 aromatic heterocycles. The molecule has 2 N–H and O–H groups in total. The first-order chi connectivity index (χ1) is 15.7. The van der Waals surface area contributed by atoms with Crippen LogP contribution in [0.4, 0.5) is 10.9 Å². The van der Waals surface area contributed by atoms with Gasteiger partial charge in [0.15, 0.2) is 5.82 Å². The number of aromatic nitrogens is 3. The van der Waals surface area contributed by atoms with E-state index in [2.05, 4.69) is 62.6 Å². The van der Waals surface area contributed by atoms with E-state index < -0.39 is 0 Å². The molecule has 1 amide bonds. The quantitative estimate of drug-likeness (QED) is 0.395. The Balaban J connectivity index is 1.57. The maximum atomic E-state index is 12.4. The molecule has 0 aliphatic rings. The molecule has 0 atom stereocenters. The molecule has 0 unspecified atom stereocenters. The number of rotatable bonds is 8. The van der Waals surface area contributed by atoms with E-state index in [9.17, 15) is 4.79 Å². The lowest BCUT2D eigenvalue weighted by Crippen LogP contribution is -2.34. The Morgan fingerprint density at radius 3 is 2.61 bits per heavy atom. The number of anilines is 2. The lowest BCUT2D eigenvalue weighted by molar-refractivity contribution is -0.120. The van der Waals surface area contributed by atoms with Crippen molar-refractivity contribution in [1.82, 2.24) is 19.9 Å². The smallest absolute Gasteiger partial charge is 0.239 e. The van der Waals surface area contributed by atoms with Crippen LogP contribution in [0.15, 0.2) is 47.1 Å². The molecule has 174 valence electrons. The minimum atomic E-state index is -0.171. The summed E-state index contributed by atoms with van der Waals surface area (Å²) in [6.07, 6.45) is 2.59. The number of likely N-dealkylation sites (N-methyl/N-ethyl adjacent to an activating group) is 1. The maximum absolute atomic E-state index is 12.4. The third-order valence-electron chi connectivity index (χ3n) is 5.07. The Labute approximate surface area is 197 Å². The second kappa shape index (κ2) is 9.27. The van der Waals surface area contributed by atoms with Crippen LogP contribution >= 0.6 is 11.3 Å². The van der Waals surface area contributed by atoms with E-state index in [1.165, 1.54) is 16.9 Å². The monoisotopic (exact) mass is 466 g/mol. The third kappa shape index (κ3) is 5.36. The van der Waals surface area contributed by atoms with Crippen LogP contribution in [0.5, 0.6) is 0 Å². The highest BCUT2D eigenvalue weighted by Gasteiger charge is 2.23. The summed E-state index contributed by atoms with van der Waals surface area (Å²) in [5.74, 6) is 1.46. The van der Waals surface area contributed by atoms with Crippen LogP contribution in [0.3, 0.4) is 0 Å². The molecule has 4 aromatic rings. The second-order valence-corrected chi connectivity index (χ2v) is 9.96. The van der Waals surface area contributed by atoms with Crippen molar-refractivity contribution in [3.63, 3.8) is 0 Å². The van der Waals surface area contributed by atoms with E-state index in [0.717, 1.165) is 39.3 Å². The van der Waals surface area contributed by atoms with Gasteiger partial charge in [-0.2, -0.15) is 4.52 Å². The number of nitrogens with one attached hydrogen (secondary N) is 2. The summed E-state index contributed by atoms with van der Waals surface area (Å²) in [5.41, 5.74) is 3.04. The third-order valence-corrected chi connectivity index (χ3v) is 6.09. The van der Waals surface area contributed by atoms with Crippen LogP contribution in [0.2, 0.25) is 0 Å². The average molecular weight is 467 g/mol. The molecule has 8 nitrogen and oxygen atoms in total. The minimum Gasteiger partial charge on any atom is -0.467 e. The zero-order valence-electron chi connectivity index (χ0n) is 19.7. The van der Waals surface area contributed by atoms with Crippen molar-refractivity contribution in [3.05, 3.63) is 54.0 Å². The molecule has 9 heteroatoms. The van der Waals surface area contributed by atoms with Crippen LogP contribution < -0.4 is 15.5 Å². The number of carbonyl (C=O) groups excluding carboxylic acids is 1. The van der Waals surface area contributed by atoms with Crippen molar-refractivity contribution in [3.8, 4) is 11.3 Å². The number of hydrogen-bond acceptors (Lipinski definition) is 7. The van der Waals surface area contributed by atoms with E-state index in [0.29, 0.717) is 6.54 Å². The van der Waals surface area contributed by atoms with Crippen molar-refractivity contribution in [1.29, 1.82) is 0 Å². The van der Waals surface area contributed by atoms with Gasteiger partial charge in [0.05, 0.1) is 19.4 Å². The van der Waals surface area contributed by atoms with Gasteiger partial charge < -0.3 is 20.0 Å². The summed E-state index contributed by atoms with van der Waals surface area (Å²) in [7, 11) is 1.85. The van der Waals surface area contributed by atoms with E-state index in [1.54, 1.807) is 12.3 Å². The standard InChI is InChI=1S/C24H30N6O2S/c1-6-16-9-11-17(12-10-16)20-21(27-24(2,3)4)30-22(26-20)33-23(28-30)29(5)15-19(31)25-14-18-8-7-13-32-18/h7-13,27H,6,14-15H2,1-5H3,(H,25,31). The molecule has 0 radical (unpaired) electrons. The summed E-state index contributed by atoms with van der Waals surface area (Å²) in [6, 6.07) is 12.1. The normalized spacial score (nSPS) is 11.7. The van der Waals surface area contributed by atoms with Crippen molar-refractivity contribution in [2.45, 2.75) is 46.2 Å². The van der Waals surface area contributed by atoms with E-state index >= 15 is 0 Å². The Bertz CT molecular complexity index is 1220. The first kappa shape index (κ1) is 22.8. The van der Waals surface area contributed by atoms with Gasteiger partial charge in [0.25, 0.3) is 0 Å². The molecule has 33 heavy (non-hydrogen) atoms. The summed E-state index contributed by atoms with van der Waals surface area (Å²) in [4.78, 5) is 19.9. The SMILES string of the molecule is CCc1ccc(-c2nc3sc(N(C)CC(=O)NCc4ccco4)nn3c2NC(C)(C)C)cc1. The van der Waals surface area contributed by atoms with E-state index in [-0.39, 0.29) is 18.0 Å². The first-order valence-corrected chi connectivity index (χ1v) is 11.8. The van der Waals surface area contributed by atoms with Crippen LogP contribution in [-0.2, 0) is 17.8 Å². The number of fused-ring (bicyclic) bond motifs is 1. The lowest BCUT2D eigenvalue weighted by Gasteiger charge is -2.22. The highest BCUT2D eigenvalue weighted by Crippen LogP contribution is 2.34. The fraction of sp³-hybridized carbons (Fsp3) is 0.375. The number of hydrogen-bond donors (Lipinski definition) is 2. The number of carbonyl (C=O) groups is 1. The number of nitrogens with zero attached hydrogens (tertiary/aromatic N) is 4. The first-order valence-electron chi connectivity index (χ1n) is 11.0. The lowest BCUT2D eigenvalue weighted by atomic mass is 10.1. The molecule has 0 bridgehead atoms. The molecule has 4 rings (SSSR count). The van der Waals surface area contributed by atoms with Gasteiger partial charge in [0.2, 0.25) is 16.0 Å². The van der Waals surface area contributed by atoms with E-state index in [1.807, 2.05) is 22.5 Å². The summed E-state index contributed by atoms with van der Waals surface area (Å²) >= 11 is 1.45. The summed E-state index contributed by atoms with van der Waals surface area (Å²) in [6.45, 7) is 9.02. The molecule has 0 saturated heterocycles. The van der Waals surface area contributed by atoms with Crippen LogP contribution in [0.1, 0.15) is 39.0 Å². The van der Waals surface area contributed by atoms with Gasteiger partial charge in [-0.05, 0) is 44.9 Å². The van der Waals surface area contributed by atoms with Crippen molar-refractivity contribution in [2.24, 2.45) is 0 Å². The molecule has 3 heterocycles. The number of furan rings is 1. The molecule has 0 saturated carbocycles. The molecular formula is C24H30N6O2S. The zero-order valence-corrected chi connectivity index (χ0v) is 20.5. The molecule has 0 fully saturated rings. The van der Waals surface area contributed by atoms with Gasteiger partial charge in [-0.1, -0.05) is 42.5 Å². The Hall–Kier alpha value is -3.33. The van der Waals surface area contributed by atoms with Crippen molar-refractivity contribution < 1.29 is 9.21 Å². The van der Waals surface area contributed by atoms with Crippen molar-refractivity contribution >= 4 is 33.2 Å². The summed E-state index contributed by atoms with van der Waals surface area (Å²) < 4.78 is 7.10. The van der Waals surface area contributed by atoms with Crippen LogP contribution in [0, 0.1) is 0 Å². The summed E-state index contributed by atoms with van der Waals surface area (Å²) in [5, 5.41) is 11.9. The fourth-order valence-electron chi connectivity index (χ4n) is 3.40. The highest BCUT2D eigenvalue weighted by molar-refractivity contribution is 7.20. The number of benzene rings is 1.